The lowest BCUT2D eigenvalue weighted by atomic mass is 10.0. The standard InChI is InChI=1S/C13H18N4/c1-9(2)10-4-6-11(7-5-10)13-15-12(8-14)17(3)16-13/h4-7,9H,8,14H2,1-3H3. The maximum Gasteiger partial charge on any atom is 0.181 e. The van der Waals surface area contributed by atoms with Crippen molar-refractivity contribution in [3.8, 4) is 11.4 Å². The molecule has 0 spiro atoms. The Bertz CT molecular complexity index is 497. The second kappa shape index (κ2) is 4.67. The Morgan fingerprint density at radius 1 is 1.24 bits per heavy atom. The number of nitrogens with two attached hydrogens (primary N) is 1. The smallest absolute Gasteiger partial charge is 0.181 e. The zero-order chi connectivity index (χ0) is 12.4. The Morgan fingerprint density at radius 2 is 1.88 bits per heavy atom. The summed E-state index contributed by atoms with van der Waals surface area (Å²) in [5.41, 5.74) is 7.94. The molecular weight excluding hydrogens is 212 g/mol. The minimum absolute atomic E-state index is 0.410. The lowest BCUT2D eigenvalue weighted by Gasteiger charge is -2.04. The van der Waals surface area contributed by atoms with Crippen LogP contribution >= 0.6 is 0 Å². The molecule has 0 unspecified atom stereocenters. The Labute approximate surface area is 101 Å². The van der Waals surface area contributed by atoms with E-state index < -0.39 is 0 Å². The molecule has 4 nitrogen and oxygen atoms in total. The van der Waals surface area contributed by atoms with Gasteiger partial charge in [0.1, 0.15) is 5.82 Å². The van der Waals surface area contributed by atoms with E-state index >= 15 is 0 Å². The monoisotopic (exact) mass is 230 g/mol. The van der Waals surface area contributed by atoms with Gasteiger partial charge in [0.25, 0.3) is 0 Å². The van der Waals surface area contributed by atoms with Crippen molar-refractivity contribution in [3.05, 3.63) is 35.7 Å². The summed E-state index contributed by atoms with van der Waals surface area (Å²) < 4.78 is 1.73. The quantitative estimate of drug-likeness (QED) is 0.878. The van der Waals surface area contributed by atoms with E-state index in [-0.39, 0.29) is 0 Å². The largest absolute Gasteiger partial charge is 0.324 e. The molecule has 90 valence electrons. The molecule has 0 aliphatic carbocycles. The van der Waals surface area contributed by atoms with Gasteiger partial charge in [-0.1, -0.05) is 38.1 Å². The van der Waals surface area contributed by atoms with E-state index in [1.807, 2.05) is 7.05 Å². The Morgan fingerprint density at radius 3 is 2.35 bits per heavy atom. The molecule has 4 heteroatoms. The third-order valence-corrected chi connectivity index (χ3v) is 2.87. The molecule has 1 heterocycles. The molecule has 0 aliphatic heterocycles. The summed E-state index contributed by atoms with van der Waals surface area (Å²) in [7, 11) is 1.86. The van der Waals surface area contributed by atoms with Crippen molar-refractivity contribution < 1.29 is 0 Å². The van der Waals surface area contributed by atoms with Crippen LogP contribution in [0.5, 0.6) is 0 Å². The van der Waals surface area contributed by atoms with Crippen LogP contribution in [0.4, 0.5) is 0 Å². The van der Waals surface area contributed by atoms with Crippen LogP contribution in [0.2, 0.25) is 0 Å². The summed E-state index contributed by atoms with van der Waals surface area (Å²) in [4.78, 5) is 4.40. The normalized spacial score (nSPS) is 11.1. The average molecular weight is 230 g/mol. The Balaban J connectivity index is 2.33. The van der Waals surface area contributed by atoms with Gasteiger partial charge in [-0.25, -0.2) is 4.98 Å². The van der Waals surface area contributed by atoms with Crippen LogP contribution in [0.15, 0.2) is 24.3 Å². The van der Waals surface area contributed by atoms with E-state index in [9.17, 15) is 0 Å². The minimum Gasteiger partial charge on any atom is -0.324 e. The van der Waals surface area contributed by atoms with Crippen molar-refractivity contribution in [3.63, 3.8) is 0 Å². The first-order chi connectivity index (χ1) is 8.11. The molecule has 17 heavy (non-hydrogen) atoms. The summed E-state index contributed by atoms with van der Waals surface area (Å²) in [6.45, 7) is 4.77. The average Bonchev–Trinajstić information content (AvgIpc) is 2.70. The second-order valence-corrected chi connectivity index (χ2v) is 4.46. The second-order valence-electron chi connectivity index (χ2n) is 4.46. The van der Waals surface area contributed by atoms with Crippen molar-refractivity contribution in [1.29, 1.82) is 0 Å². The molecule has 0 amide bonds. The zero-order valence-corrected chi connectivity index (χ0v) is 10.5. The van der Waals surface area contributed by atoms with Crippen LogP contribution in [-0.2, 0) is 13.6 Å². The number of hydrogen-bond donors (Lipinski definition) is 1. The SMILES string of the molecule is CC(C)c1ccc(-c2nc(CN)n(C)n2)cc1. The van der Waals surface area contributed by atoms with Crippen LogP contribution in [0.1, 0.15) is 31.2 Å². The topological polar surface area (TPSA) is 56.7 Å². The molecule has 0 radical (unpaired) electrons. The maximum atomic E-state index is 5.58. The fraction of sp³-hybridized carbons (Fsp3) is 0.385. The third kappa shape index (κ3) is 2.36. The summed E-state index contributed by atoms with van der Waals surface area (Å²) in [5.74, 6) is 2.08. The van der Waals surface area contributed by atoms with Crippen molar-refractivity contribution >= 4 is 0 Å². The van der Waals surface area contributed by atoms with E-state index in [0.29, 0.717) is 12.5 Å². The molecule has 0 aliphatic rings. The molecule has 1 aromatic carbocycles. The first-order valence-corrected chi connectivity index (χ1v) is 5.82. The molecule has 0 fully saturated rings. The molecule has 0 bridgehead atoms. The highest BCUT2D eigenvalue weighted by molar-refractivity contribution is 5.55. The first-order valence-electron chi connectivity index (χ1n) is 5.82. The van der Waals surface area contributed by atoms with Gasteiger partial charge in [0.2, 0.25) is 0 Å². The van der Waals surface area contributed by atoms with E-state index in [1.165, 1.54) is 5.56 Å². The fourth-order valence-corrected chi connectivity index (χ4v) is 1.73. The molecular formula is C13H18N4. The third-order valence-electron chi connectivity index (χ3n) is 2.87. The molecule has 2 N–H and O–H groups in total. The van der Waals surface area contributed by atoms with Crippen molar-refractivity contribution in [2.75, 3.05) is 0 Å². The predicted molar refractivity (Wildman–Crippen MR) is 68.4 cm³/mol. The predicted octanol–water partition coefficient (Wildman–Crippen LogP) is 2.06. The highest BCUT2D eigenvalue weighted by atomic mass is 15.3. The summed E-state index contributed by atoms with van der Waals surface area (Å²) in [6, 6.07) is 8.37. The molecule has 2 rings (SSSR count). The summed E-state index contributed by atoms with van der Waals surface area (Å²) in [6.07, 6.45) is 0. The maximum absolute atomic E-state index is 5.58. The van der Waals surface area contributed by atoms with Gasteiger partial charge in [0.05, 0.1) is 6.54 Å². The van der Waals surface area contributed by atoms with Crippen molar-refractivity contribution in [1.82, 2.24) is 14.8 Å². The number of benzene rings is 1. The van der Waals surface area contributed by atoms with E-state index in [2.05, 4.69) is 48.2 Å². The van der Waals surface area contributed by atoms with Gasteiger partial charge in [0, 0.05) is 12.6 Å². The number of aromatic nitrogens is 3. The lowest BCUT2D eigenvalue weighted by molar-refractivity contribution is 0.703. The first kappa shape index (κ1) is 11.8. The van der Waals surface area contributed by atoms with Gasteiger partial charge in [-0.2, -0.15) is 5.10 Å². The van der Waals surface area contributed by atoms with Crippen LogP contribution in [0.25, 0.3) is 11.4 Å². The van der Waals surface area contributed by atoms with Crippen LogP contribution in [-0.4, -0.2) is 14.8 Å². The molecule has 0 saturated carbocycles. The highest BCUT2D eigenvalue weighted by Gasteiger charge is 2.08. The van der Waals surface area contributed by atoms with Crippen molar-refractivity contribution in [2.24, 2.45) is 12.8 Å². The van der Waals surface area contributed by atoms with E-state index in [0.717, 1.165) is 17.2 Å². The van der Waals surface area contributed by atoms with Gasteiger partial charge in [-0.3, -0.25) is 4.68 Å². The molecule has 2 aromatic rings. The van der Waals surface area contributed by atoms with Crippen molar-refractivity contribution in [2.45, 2.75) is 26.3 Å². The Kier molecular flexibility index (Phi) is 3.24. The number of aryl methyl sites for hydroxylation is 1. The molecule has 0 saturated heterocycles. The van der Waals surface area contributed by atoms with E-state index in [1.54, 1.807) is 4.68 Å². The fourth-order valence-electron chi connectivity index (χ4n) is 1.73. The lowest BCUT2D eigenvalue weighted by Crippen LogP contribution is -2.05. The summed E-state index contributed by atoms with van der Waals surface area (Å²) in [5, 5.41) is 4.35. The van der Waals surface area contributed by atoms with Gasteiger partial charge in [-0.05, 0) is 11.5 Å². The minimum atomic E-state index is 0.410. The molecule has 1 aromatic heterocycles. The van der Waals surface area contributed by atoms with Crippen LogP contribution in [0, 0.1) is 0 Å². The van der Waals surface area contributed by atoms with Gasteiger partial charge < -0.3 is 5.73 Å². The van der Waals surface area contributed by atoms with Crippen LogP contribution < -0.4 is 5.73 Å². The number of hydrogen-bond acceptors (Lipinski definition) is 3. The zero-order valence-electron chi connectivity index (χ0n) is 10.5. The highest BCUT2D eigenvalue weighted by Crippen LogP contribution is 2.20. The number of rotatable bonds is 3. The van der Waals surface area contributed by atoms with Crippen LogP contribution in [0.3, 0.4) is 0 Å². The van der Waals surface area contributed by atoms with Gasteiger partial charge >= 0.3 is 0 Å². The molecule has 0 atom stereocenters. The van der Waals surface area contributed by atoms with Gasteiger partial charge in [0.15, 0.2) is 5.82 Å². The van der Waals surface area contributed by atoms with Gasteiger partial charge in [-0.15, -0.1) is 0 Å². The van der Waals surface area contributed by atoms with E-state index in [4.69, 9.17) is 5.73 Å². The number of nitrogens with zero attached hydrogens (tertiary/aromatic N) is 3. The Hall–Kier alpha value is -1.68. The summed E-state index contributed by atoms with van der Waals surface area (Å²) >= 11 is 0.